The van der Waals surface area contributed by atoms with Gasteiger partial charge in [0.15, 0.2) is 12.2 Å². The van der Waals surface area contributed by atoms with E-state index in [1.54, 1.807) is 32.2 Å². The molecule has 1 aromatic carbocycles. The molecule has 0 fully saturated rings. The van der Waals surface area contributed by atoms with Crippen LogP contribution >= 0.6 is 0 Å². The van der Waals surface area contributed by atoms with E-state index in [9.17, 15) is 4.79 Å². The maximum Gasteiger partial charge on any atom is 0.261 e. The van der Waals surface area contributed by atoms with Crippen molar-refractivity contribution < 1.29 is 13.7 Å². The molecule has 6 nitrogen and oxygen atoms in total. The van der Waals surface area contributed by atoms with E-state index in [1.807, 2.05) is 12.1 Å². The quantitative estimate of drug-likeness (QED) is 0.798. The molecular weight excluding hydrogens is 270 g/mol. The van der Waals surface area contributed by atoms with Crippen molar-refractivity contribution in [2.24, 2.45) is 0 Å². The SMILES string of the molecule is Cc1noc(C)c1C(=O)Nc1ccc(-c2cnco2)cc1. The number of nitrogens with one attached hydrogen (secondary N) is 1. The monoisotopic (exact) mass is 283 g/mol. The molecule has 0 aliphatic carbocycles. The van der Waals surface area contributed by atoms with Crippen LogP contribution in [0.5, 0.6) is 0 Å². The van der Waals surface area contributed by atoms with E-state index in [4.69, 9.17) is 8.94 Å². The van der Waals surface area contributed by atoms with E-state index in [0.717, 1.165) is 5.56 Å². The van der Waals surface area contributed by atoms with E-state index < -0.39 is 0 Å². The molecule has 2 aromatic heterocycles. The predicted octanol–water partition coefficient (Wildman–Crippen LogP) is 3.20. The lowest BCUT2D eigenvalue weighted by molar-refractivity contribution is 0.102. The molecule has 106 valence electrons. The van der Waals surface area contributed by atoms with Crippen LogP contribution in [0.2, 0.25) is 0 Å². The third-order valence-electron chi connectivity index (χ3n) is 3.12. The molecule has 0 aliphatic rings. The number of carbonyl (C=O) groups is 1. The van der Waals surface area contributed by atoms with Crippen molar-refractivity contribution >= 4 is 11.6 Å². The van der Waals surface area contributed by atoms with Crippen molar-refractivity contribution in [1.82, 2.24) is 10.1 Å². The Morgan fingerprint density at radius 2 is 1.95 bits per heavy atom. The minimum Gasteiger partial charge on any atom is -0.444 e. The topological polar surface area (TPSA) is 81.2 Å². The summed E-state index contributed by atoms with van der Waals surface area (Å²) in [4.78, 5) is 16.1. The predicted molar refractivity (Wildman–Crippen MR) is 75.9 cm³/mol. The van der Waals surface area contributed by atoms with Crippen molar-refractivity contribution in [3.63, 3.8) is 0 Å². The van der Waals surface area contributed by atoms with E-state index in [0.29, 0.717) is 28.5 Å². The number of benzene rings is 1. The van der Waals surface area contributed by atoms with Crippen LogP contribution in [0.4, 0.5) is 5.69 Å². The van der Waals surface area contributed by atoms with Crippen molar-refractivity contribution in [2.45, 2.75) is 13.8 Å². The van der Waals surface area contributed by atoms with E-state index >= 15 is 0 Å². The summed E-state index contributed by atoms with van der Waals surface area (Å²) in [5, 5.41) is 6.58. The number of aryl methyl sites for hydroxylation is 2. The summed E-state index contributed by atoms with van der Waals surface area (Å²) in [7, 11) is 0. The Labute approximate surface area is 120 Å². The molecule has 21 heavy (non-hydrogen) atoms. The highest BCUT2D eigenvalue weighted by Crippen LogP contribution is 2.21. The summed E-state index contributed by atoms with van der Waals surface area (Å²) in [5.41, 5.74) is 2.61. The number of carbonyl (C=O) groups excluding carboxylic acids is 1. The Hall–Kier alpha value is -2.89. The lowest BCUT2D eigenvalue weighted by Gasteiger charge is -2.05. The van der Waals surface area contributed by atoms with Crippen molar-refractivity contribution in [3.05, 3.63) is 53.9 Å². The number of anilines is 1. The van der Waals surface area contributed by atoms with Crippen LogP contribution in [-0.2, 0) is 0 Å². The van der Waals surface area contributed by atoms with E-state index in [1.165, 1.54) is 6.39 Å². The van der Waals surface area contributed by atoms with Crippen LogP contribution in [0.25, 0.3) is 11.3 Å². The Morgan fingerprint density at radius 1 is 1.19 bits per heavy atom. The smallest absolute Gasteiger partial charge is 0.261 e. The van der Waals surface area contributed by atoms with Gasteiger partial charge >= 0.3 is 0 Å². The molecule has 0 saturated carbocycles. The third-order valence-corrected chi connectivity index (χ3v) is 3.12. The van der Waals surface area contributed by atoms with Gasteiger partial charge in [-0.25, -0.2) is 4.98 Å². The number of hydrogen-bond acceptors (Lipinski definition) is 5. The molecule has 0 radical (unpaired) electrons. The fourth-order valence-corrected chi connectivity index (χ4v) is 2.08. The van der Waals surface area contributed by atoms with Gasteiger partial charge in [-0.3, -0.25) is 4.79 Å². The summed E-state index contributed by atoms with van der Waals surface area (Å²) >= 11 is 0. The molecule has 0 aliphatic heterocycles. The average molecular weight is 283 g/mol. The Kier molecular flexibility index (Phi) is 3.27. The van der Waals surface area contributed by atoms with Gasteiger partial charge in [0.25, 0.3) is 5.91 Å². The number of hydrogen-bond donors (Lipinski definition) is 1. The Bertz CT molecular complexity index is 739. The number of aromatic nitrogens is 2. The molecule has 1 amide bonds. The second-order valence-electron chi connectivity index (χ2n) is 4.60. The summed E-state index contributed by atoms with van der Waals surface area (Å²) in [5.74, 6) is 0.945. The van der Waals surface area contributed by atoms with E-state index in [-0.39, 0.29) is 5.91 Å². The largest absolute Gasteiger partial charge is 0.444 e. The first kappa shape index (κ1) is 13.1. The zero-order valence-corrected chi connectivity index (χ0v) is 11.6. The molecule has 0 atom stereocenters. The molecular formula is C15H13N3O3. The summed E-state index contributed by atoms with van der Waals surface area (Å²) in [6.07, 6.45) is 3.01. The standard InChI is InChI=1S/C15H13N3O3/c1-9-14(10(2)21-18-9)15(19)17-12-5-3-11(4-6-12)13-7-16-8-20-13/h3-8H,1-2H3,(H,17,19). The first-order valence-electron chi connectivity index (χ1n) is 6.38. The first-order valence-corrected chi connectivity index (χ1v) is 6.38. The molecule has 1 N–H and O–H groups in total. The van der Waals surface area contributed by atoms with Gasteiger partial charge in [-0.1, -0.05) is 5.16 Å². The van der Waals surface area contributed by atoms with E-state index in [2.05, 4.69) is 15.5 Å². The molecule has 3 aromatic rings. The molecule has 6 heteroatoms. The van der Waals surface area contributed by atoms with Gasteiger partial charge < -0.3 is 14.3 Å². The van der Waals surface area contributed by atoms with Crippen LogP contribution < -0.4 is 5.32 Å². The number of oxazole rings is 1. The maximum atomic E-state index is 12.2. The maximum absolute atomic E-state index is 12.2. The normalized spacial score (nSPS) is 10.6. The third kappa shape index (κ3) is 2.55. The second-order valence-corrected chi connectivity index (χ2v) is 4.60. The van der Waals surface area contributed by atoms with Gasteiger partial charge in [-0.2, -0.15) is 0 Å². The van der Waals surface area contributed by atoms with Gasteiger partial charge in [-0.05, 0) is 38.1 Å². The first-order chi connectivity index (χ1) is 10.1. The molecule has 2 heterocycles. The van der Waals surface area contributed by atoms with Gasteiger partial charge in [0, 0.05) is 11.3 Å². The van der Waals surface area contributed by atoms with Crippen LogP contribution in [0.3, 0.4) is 0 Å². The number of rotatable bonds is 3. The molecule has 0 bridgehead atoms. The van der Waals surface area contributed by atoms with Crippen molar-refractivity contribution in [3.8, 4) is 11.3 Å². The highest BCUT2D eigenvalue weighted by molar-refractivity contribution is 6.05. The fraction of sp³-hybridized carbons (Fsp3) is 0.133. The Balaban J connectivity index is 1.78. The molecule has 0 saturated heterocycles. The molecule has 3 rings (SSSR count). The molecule has 0 unspecified atom stereocenters. The molecule has 0 spiro atoms. The number of nitrogens with zero attached hydrogens (tertiary/aromatic N) is 2. The van der Waals surface area contributed by atoms with Crippen molar-refractivity contribution in [1.29, 1.82) is 0 Å². The lowest BCUT2D eigenvalue weighted by atomic mass is 10.1. The Morgan fingerprint density at radius 3 is 2.52 bits per heavy atom. The van der Waals surface area contributed by atoms with Gasteiger partial charge in [0.05, 0.1) is 11.9 Å². The number of amides is 1. The van der Waals surface area contributed by atoms with Crippen LogP contribution in [0.1, 0.15) is 21.8 Å². The van der Waals surface area contributed by atoms with Crippen LogP contribution in [0, 0.1) is 13.8 Å². The fourth-order valence-electron chi connectivity index (χ4n) is 2.08. The highest BCUT2D eigenvalue weighted by atomic mass is 16.5. The minimum absolute atomic E-state index is 0.237. The van der Waals surface area contributed by atoms with Crippen molar-refractivity contribution in [2.75, 3.05) is 5.32 Å². The summed E-state index contributed by atoms with van der Waals surface area (Å²) in [6, 6.07) is 7.30. The highest BCUT2D eigenvalue weighted by Gasteiger charge is 2.17. The lowest BCUT2D eigenvalue weighted by Crippen LogP contribution is -2.13. The summed E-state index contributed by atoms with van der Waals surface area (Å²) in [6.45, 7) is 3.44. The minimum atomic E-state index is -0.237. The van der Waals surface area contributed by atoms with Gasteiger partial charge in [0.2, 0.25) is 0 Å². The zero-order chi connectivity index (χ0) is 14.8. The van der Waals surface area contributed by atoms with Gasteiger partial charge in [-0.15, -0.1) is 0 Å². The summed E-state index contributed by atoms with van der Waals surface area (Å²) < 4.78 is 10.2. The van der Waals surface area contributed by atoms with Gasteiger partial charge in [0.1, 0.15) is 11.3 Å². The van der Waals surface area contributed by atoms with Crippen LogP contribution in [0.15, 0.2) is 45.8 Å². The zero-order valence-electron chi connectivity index (χ0n) is 11.6. The van der Waals surface area contributed by atoms with Crippen LogP contribution in [-0.4, -0.2) is 16.0 Å². The second kappa shape index (κ2) is 5.24. The average Bonchev–Trinajstić information content (AvgIpc) is 3.10.